The van der Waals surface area contributed by atoms with Gasteiger partial charge in [-0.2, -0.15) is 0 Å². The normalized spacial score (nSPS) is 11.8. The molecule has 144 valence electrons. The number of hydrogen-bond donors (Lipinski definition) is 0. The van der Waals surface area contributed by atoms with Gasteiger partial charge in [-0.1, -0.05) is 11.6 Å². The first-order valence-electron chi connectivity index (χ1n) is 9.05. The van der Waals surface area contributed by atoms with Crippen LogP contribution in [0.4, 0.5) is 0 Å². The Morgan fingerprint density at radius 2 is 1.56 bits per heavy atom. The number of benzene rings is 2. The molecule has 27 heavy (non-hydrogen) atoms. The average molecular weight is 388 g/mol. The lowest BCUT2D eigenvalue weighted by Crippen LogP contribution is -2.21. The van der Waals surface area contributed by atoms with Crippen LogP contribution in [0.1, 0.15) is 0 Å². The predicted octanol–water partition coefficient (Wildman–Crippen LogP) is 3.31. The van der Waals surface area contributed by atoms with Gasteiger partial charge in [0.05, 0.1) is 11.0 Å². The maximum absolute atomic E-state index is 13.0. The summed E-state index contributed by atoms with van der Waals surface area (Å²) >= 11 is 6.23. The van der Waals surface area contributed by atoms with E-state index in [9.17, 15) is 4.79 Å². The molecule has 0 bridgehead atoms. The summed E-state index contributed by atoms with van der Waals surface area (Å²) in [6.07, 6.45) is 0. The third-order valence-electron chi connectivity index (χ3n) is 4.58. The van der Waals surface area contributed by atoms with E-state index in [1.165, 1.54) is 0 Å². The van der Waals surface area contributed by atoms with Crippen molar-refractivity contribution >= 4 is 33.4 Å². The third-order valence-corrected chi connectivity index (χ3v) is 4.81. The zero-order valence-electron chi connectivity index (χ0n) is 16.3. The Morgan fingerprint density at radius 1 is 0.926 bits per heavy atom. The van der Waals surface area contributed by atoms with Gasteiger partial charge in [-0.3, -0.25) is 4.79 Å². The van der Waals surface area contributed by atoms with Crippen molar-refractivity contribution in [3.05, 3.63) is 51.6 Å². The van der Waals surface area contributed by atoms with Crippen molar-refractivity contribution in [2.45, 2.75) is 6.54 Å². The second kappa shape index (κ2) is 8.30. The number of nitrogens with zero attached hydrogens (tertiary/aromatic N) is 3. The maximum Gasteiger partial charge on any atom is 0.197 e. The summed E-state index contributed by atoms with van der Waals surface area (Å²) in [6.45, 7) is 3.03. The summed E-state index contributed by atoms with van der Waals surface area (Å²) in [5.41, 5.74) is 1.75. The minimum Gasteiger partial charge on any atom is -0.492 e. The highest BCUT2D eigenvalue weighted by atomic mass is 35.5. The Kier molecular flexibility index (Phi) is 6.05. The Balaban J connectivity index is 2.16. The number of fused-ring (bicyclic) bond motifs is 2. The molecule has 0 fully saturated rings. The lowest BCUT2D eigenvalue weighted by atomic mass is 10.1. The van der Waals surface area contributed by atoms with Crippen LogP contribution in [0, 0.1) is 0 Å². The molecule has 1 aromatic heterocycles. The number of ether oxygens (including phenoxy) is 1. The molecule has 0 atom stereocenters. The van der Waals surface area contributed by atoms with Gasteiger partial charge in [-0.15, -0.1) is 0 Å². The number of halogens is 1. The number of aromatic nitrogens is 1. The summed E-state index contributed by atoms with van der Waals surface area (Å²) < 4.78 is 8.05. The van der Waals surface area contributed by atoms with Crippen LogP contribution in [0.5, 0.6) is 5.75 Å². The fourth-order valence-corrected chi connectivity index (χ4v) is 3.26. The first-order valence-corrected chi connectivity index (χ1v) is 9.42. The highest BCUT2D eigenvalue weighted by Gasteiger charge is 2.13. The smallest absolute Gasteiger partial charge is 0.197 e. The first kappa shape index (κ1) is 19.7. The SMILES string of the molecule is CN(C)CCOc1ccc2c(=O)c3ccc(Cl)cc3n(CCN(C)C)c2c1. The molecule has 1 heterocycles. The number of hydrogen-bond acceptors (Lipinski definition) is 4. The van der Waals surface area contributed by atoms with Crippen molar-refractivity contribution in [1.82, 2.24) is 14.4 Å². The molecule has 6 heteroatoms. The Hall–Kier alpha value is -2.08. The molecule has 3 rings (SSSR count). The highest BCUT2D eigenvalue weighted by Crippen LogP contribution is 2.25. The van der Waals surface area contributed by atoms with E-state index in [2.05, 4.69) is 14.4 Å². The lowest BCUT2D eigenvalue weighted by Gasteiger charge is -2.19. The van der Waals surface area contributed by atoms with Gasteiger partial charge in [-0.05, 0) is 58.5 Å². The zero-order valence-corrected chi connectivity index (χ0v) is 17.1. The largest absolute Gasteiger partial charge is 0.492 e. The molecule has 3 aromatic rings. The quantitative estimate of drug-likeness (QED) is 0.583. The average Bonchev–Trinajstić information content (AvgIpc) is 2.61. The Bertz CT molecular complexity index is 1010. The van der Waals surface area contributed by atoms with E-state index in [1.807, 2.05) is 58.5 Å². The van der Waals surface area contributed by atoms with Crippen LogP contribution in [0.3, 0.4) is 0 Å². The second-order valence-electron chi connectivity index (χ2n) is 7.28. The molecular formula is C21H26ClN3O2. The molecule has 0 aliphatic carbocycles. The van der Waals surface area contributed by atoms with Crippen molar-refractivity contribution in [3.8, 4) is 5.75 Å². The van der Waals surface area contributed by atoms with Crippen LogP contribution < -0.4 is 10.2 Å². The van der Waals surface area contributed by atoms with Crippen LogP contribution in [0.25, 0.3) is 21.8 Å². The maximum atomic E-state index is 13.0. The van der Waals surface area contributed by atoms with E-state index < -0.39 is 0 Å². The van der Waals surface area contributed by atoms with E-state index in [0.29, 0.717) is 22.4 Å². The molecule has 2 aromatic carbocycles. The number of rotatable bonds is 7. The minimum absolute atomic E-state index is 0.0256. The van der Waals surface area contributed by atoms with Crippen LogP contribution >= 0.6 is 11.6 Å². The van der Waals surface area contributed by atoms with Gasteiger partial charge in [-0.25, -0.2) is 0 Å². The van der Waals surface area contributed by atoms with Crippen molar-refractivity contribution in [3.63, 3.8) is 0 Å². The first-order chi connectivity index (χ1) is 12.9. The predicted molar refractivity (Wildman–Crippen MR) is 113 cm³/mol. The molecule has 0 aliphatic heterocycles. The second-order valence-corrected chi connectivity index (χ2v) is 7.71. The van der Waals surface area contributed by atoms with E-state index in [4.69, 9.17) is 16.3 Å². The van der Waals surface area contributed by atoms with Gasteiger partial charge in [0.15, 0.2) is 5.43 Å². The Morgan fingerprint density at radius 3 is 2.22 bits per heavy atom. The molecule has 0 aliphatic rings. The molecule has 0 N–H and O–H groups in total. The van der Waals surface area contributed by atoms with Gasteiger partial charge in [0.2, 0.25) is 0 Å². The summed E-state index contributed by atoms with van der Waals surface area (Å²) in [5, 5.41) is 2.01. The Labute approximate surface area is 164 Å². The molecule has 0 unspecified atom stereocenters. The lowest BCUT2D eigenvalue weighted by molar-refractivity contribution is 0.261. The van der Waals surface area contributed by atoms with Crippen LogP contribution in [-0.4, -0.2) is 62.3 Å². The van der Waals surface area contributed by atoms with E-state index in [0.717, 1.165) is 36.4 Å². The standard InChI is InChI=1S/C21H26ClN3O2/c1-23(2)9-10-25-19-13-15(22)5-7-17(19)21(26)18-8-6-16(14-20(18)25)27-12-11-24(3)4/h5-8,13-14H,9-12H2,1-4H3. The van der Waals surface area contributed by atoms with E-state index >= 15 is 0 Å². The molecular weight excluding hydrogens is 362 g/mol. The minimum atomic E-state index is 0.0256. The van der Waals surface area contributed by atoms with Crippen molar-refractivity contribution in [2.75, 3.05) is 47.9 Å². The highest BCUT2D eigenvalue weighted by molar-refractivity contribution is 6.31. The molecule has 0 spiro atoms. The van der Waals surface area contributed by atoms with E-state index in [-0.39, 0.29) is 5.43 Å². The summed E-state index contributed by atoms with van der Waals surface area (Å²) in [5.74, 6) is 0.767. The van der Waals surface area contributed by atoms with Gasteiger partial charge in [0.25, 0.3) is 0 Å². The summed E-state index contributed by atoms with van der Waals surface area (Å²) in [7, 11) is 8.10. The van der Waals surface area contributed by atoms with Gasteiger partial charge < -0.3 is 19.1 Å². The van der Waals surface area contributed by atoms with Crippen LogP contribution in [-0.2, 0) is 6.54 Å². The fraction of sp³-hybridized carbons (Fsp3) is 0.381. The van der Waals surface area contributed by atoms with Gasteiger partial charge in [0, 0.05) is 41.5 Å². The monoisotopic (exact) mass is 387 g/mol. The van der Waals surface area contributed by atoms with Crippen molar-refractivity contribution in [2.24, 2.45) is 0 Å². The topological polar surface area (TPSA) is 37.7 Å². The summed E-state index contributed by atoms with van der Waals surface area (Å²) in [4.78, 5) is 17.2. The molecule has 0 saturated carbocycles. The summed E-state index contributed by atoms with van der Waals surface area (Å²) in [6, 6.07) is 11.1. The van der Waals surface area contributed by atoms with Crippen molar-refractivity contribution in [1.29, 1.82) is 0 Å². The molecule has 0 radical (unpaired) electrons. The van der Waals surface area contributed by atoms with Crippen molar-refractivity contribution < 1.29 is 4.74 Å². The van der Waals surface area contributed by atoms with Gasteiger partial charge >= 0.3 is 0 Å². The van der Waals surface area contributed by atoms with Crippen LogP contribution in [0.15, 0.2) is 41.2 Å². The van der Waals surface area contributed by atoms with E-state index in [1.54, 1.807) is 6.07 Å². The fourth-order valence-electron chi connectivity index (χ4n) is 3.10. The van der Waals surface area contributed by atoms with Gasteiger partial charge in [0.1, 0.15) is 12.4 Å². The van der Waals surface area contributed by atoms with Crippen LogP contribution in [0.2, 0.25) is 5.02 Å². The third kappa shape index (κ3) is 4.43. The molecule has 0 amide bonds. The zero-order chi connectivity index (χ0) is 19.6. The number of likely N-dealkylation sites (N-methyl/N-ethyl adjacent to an activating group) is 2. The molecule has 0 saturated heterocycles. The number of pyridine rings is 1. The molecule has 5 nitrogen and oxygen atoms in total.